The predicted octanol–water partition coefficient (Wildman–Crippen LogP) is 3.71. The highest BCUT2D eigenvalue weighted by molar-refractivity contribution is 5.86. The van der Waals surface area contributed by atoms with Crippen molar-refractivity contribution in [1.29, 1.82) is 0 Å². The van der Waals surface area contributed by atoms with Crippen molar-refractivity contribution in [3.05, 3.63) is 42.2 Å². The van der Waals surface area contributed by atoms with Gasteiger partial charge >= 0.3 is 0 Å². The lowest BCUT2D eigenvalue weighted by molar-refractivity contribution is 0.300. The zero-order valence-corrected chi connectivity index (χ0v) is 10.8. The molecular weight excluding hydrogens is 255 g/mol. The maximum Gasteiger partial charge on any atom is 0.125 e. The third kappa shape index (κ3) is 2.18. The van der Waals surface area contributed by atoms with Crippen LogP contribution in [0.4, 0.5) is 4.39 Å². The maximum absolute atomic E-state index is 13.2. The van der Waals surface area contributed by atoms with E-state index in [1.165, 1.54) is 25.0 Å². The Morgan fingerprint density at radius 3 is 2.40 bits per heavy atom. The quantitative estimate of drug-likeness (QED) is 0.679. The maximum atomic E-state index is 13.2. The molecule has 1 aromatic heterocycles. The van der Waals surface area contributed by atoms with Crippen LogP contribution in [0, 0.1) is 11.7 Å². The zero-order chi connectivity index (χ0) is 13.5. The highest BCUT2D eigenvalue weighted by Crippen LogP contribution is 2.30. The smallest absolute Gasteiger partial charge is 0.125 e. The van der Waals surface area contributed by atoms with Gasteiger partial charge in [-0.2, -0.15) is 0 Å². The first kappa shape index (κ1) is 11.6. The summed E-state index contributed by atoms with van der Waals surface area (Å²) in [4.78, 5) is 8.94. The van der Waals surface area contributed by atoms with Crippen LogP contribution in [0.25, 0.3) is 22.1 Å². The van der Waals surface area contributed by atoms with Gasteiger partial charge in [-0.3, -0.25) is 0 Å². The van der Waals surface area contributed by atoms with Crippen LogP contribution in [-0.2, 0) is 0 Å². The fourth-order valence-corrected chi connectivity index (χ4v) is 2.22. The Labute approximate surface area is 115 Å². The second-order valence-corrected chi connectivity index (χ2v) is 5.26. The van der Waals surface area contributed by atoms with Gasteiger partial charge < -0.3 is 4.74 Å². The largest absolute Gasteiger partial charge is 0.493 e. The van der Waals surface area contributed by atoms with E-state index in [4.69, 9.17) is 4.74 Å². The van der Waals surface area contributed by atoms with Gasteiger partial charge in [-0.05, 0) is 43.0 Å². The molecule has 0 aliphatic heterocycles. The molecule has 4 heteroatoms. The van der Waals surface area contributed by atoms with Crippen molar-refractivity contribution in [2.45, 2.75) is 12.8 Å². The lowest BCUT2D eigenvalue weighted by atomic mass is 10.2. The second kappa shape index (κ2) is 4.40. The first-order valence-corrected chi connectivity index (χ1v) is 6.78. The van der Waals surface area contributed by atoms with Crippen molar-refractivity contribution in [1.82, 2.24) is 9.97 Å². The van der Waals surface area contributed by atoms with Crippen molar-refractivity contribution in [2.75, 3.05) is 6.61 Å². The molecule has 0 N–H and O–H groups in total. The topological polar surface area (TPSA) is 35.0 Å². The summed E-state index contributed by atoms with van der Waals surface area (Å²) in [5.41, 5.74) is 2.79. The molecule has 1 fully saturated rings. The standard InChI is InChI=1S/C16H13FN2O/c17-11-3-5-13-15(7-11)18-14-6-4-12(8-16(14)19-13)20-9-10-1-2-10/h3-8,10H,1-2,9H2. The SMILES string of the molecule is Fc1ccc2nc3cc(OCC4CC4)ccc3nc2c1. The minimum absolute atomic E-state index is 0.296. The summed E-state index contributed by atoms with van der Waals surface area (Å²) >= 11 is 0. The van der Waals surface area contributed by atoms with Crippen LogP contribution in [0.5, 0.6) is 5.75 Å². The number of nitrogens with zero attached hydrogens (tertiary/aromatic N) is 2. The molecule has 0 saturated heterocycles. The van der Waals surface area contributed by atoms with Crippen molar-refractivity contribution in [2.24, 2.45) is 5.92 Å². The van der Waals surface area contributed by atoms with E-state index in [0.29, 0.717) is 11.0 Å². The van der Waals surface area contributed by atoms with Crippen molar-refractivity contribution >= 4 is 22.1 Å². The third-order valence-corrected chi connectivity index (χ3v) is 3.55. The summed E-state index contributed by atoms with van der Waals surface area (Å²) < 4.78 is 18.9. The van der Waals surface area contributed by atoms with E-state index in [2.05, 4.69) is 9.97 Å². The third-order valence-electron chi connectivity index (χ3n) is 3.55. The lowest BCUT2D eigenvalue weighted by Gasteiger charge is -2.06. The van der Waals surface area contributed by atoms with Gasteiger partial charge in [0.05, 0.1) is 28.7 Å². The van der Waals surface area contributed by atoms with Gasteiger partial charge in [-0.1, -0.05) is 0 Å². The predicted molar refractivity (Wildman–Crippen MR) is 75.2 cm³/mol. The van der Waals surface area contributed by atoms with Crippen LogP contribution >= 0.6 is 0 Å². The van der Waals surface area contributed by atoms with Gasteiger partial charge in [0, 0.05) is 12.1 Å². The second-order valence-electron chi connectivity index (χ2n) is 5.26. The van der Waals surface area contributed by atoms with Crippen LogP contribution in [-0.4, -0.2) is 16.6 Å². The summed E-state index contributed by atoms with van der Waals surface area (Å²) in [6.07, 6.45) is 2.53. The van der Waals surface area contributed by atoms with Gasteiger partial charge in [0.25, 0.3) is 0 Å². The molecule has 100 valence electrons. The molecule has 3 nitrogen and oxygen atoms in total. The lowest BCUT2D eigenvalue weighted by Crippen LogP contribution is -1.99. The van der Waals surface area contributed by atoms with Gasteiger partial charge in [-0.15, -0.1) is 0 Å². The molecule has 4 rings (SSSR count). The number of hydrogen-bond acceptors (Lipinski definition) is 3. The summed E-state index contributed by atoms with van der Waals surface area (Å²) in [5.74, 6) is 1.24. The van der Waals surface area contributed by atoms with Gasteiger partial charge in [0.1, 0.15) is 11.6 Å². The number of ether oxygens (including phenoxy) is 1. The molecular formula is C16H13FN2O. The molecule has 2 aromatic carbocycles. The summed E-state index contributed by atoms with van der Waals surface area (Å²) in [6, 6.07) is 10.1. The summed E-state index contributed by atoms with van der Waals surface area (Å²) in [6.45, 7) is 0.776. The molecule has 20 heavy (non-hydrogen) atoms. The van der Waals surface area contributed by atoms with Crippen LogP contribution in [0.15, 0.2) is 36.4 Å². The van der Waals surface area contributed by atoms with Crippen LogP contribution in [0.2, 0.25) is 0 Å². The zero-order valence-electron chi connectivity index (χ0n) is 10.8. The highest BCUT2D eigenvalue weighted by atomic mass is 19.1. The van der Waals surface area contributed by atoms with Crippen molar-refractivity contribution in [3.8, 4) is 5.75 Å². The van der Waals surface area contributed by atoms with E-state index in [0.717, 1.165) is 29.3 Å². The number of halogens is 1. The Bertz CT molecular complexity index is 799. The van der Waals surface area contributed by atoms with E-state index >= 15 is 0 Å². The summed E-state index contributed by atoms with van der Waals surface area (Å²) in [7, 11) is 0. The molecule has 0 amide bonds. The van der Waals surface area contributed by atoms with Gasteiger partial charge in [0.2, 0.25) is 0 Å². The Morgan fingerprint density at radius 2 is 1.65 bits per heavy atom. The van der Waals surface area contributed by atoms with E-state index in [1.807, 2.05) is 18.2 Å². The number of fused-ring (bicyclic) bond motifs is 2. The van der Waals surface area contributed by atoms with Crippen LogP contribution in [0.3, 0.4) is 0 Å². The van der Waals surface area contributed by atoms with Crippen LogP contribution < -0.4 is 4.74 Å². The molecule has 0 radical (unpaired) electrons. The monoisotopic (exact) mass is 268 g/mol. The van der Waals surface area contributed by atoms with Crippen LogP contribution in [0.1, 0.15) is 12.8 Å². The molecule has 0 unspecified atom stereocenters. The molecule has 0 spiro atoms. The Morgan fingerprint density at radius 1 is 0.950 bits per heavy atom. The van der Waals surface area contributed by atoms with Gasteiger partial charge in [-0.25, -0.2) is 14.4 Å². The molecule has 3 aromatic rings. The Hall–Kier alpha value is -2.23. The first-order chi connectivity index (χ1) is 9.78. The first-order valence-electron chi connectivity index (χ1n) is 6.78. The highest BCUT2D eigenvalue weighted by Gasteiger charge is 2.21. The van der Waals surface area contributed by atoms with Crippen molar-refractivity contribution in [3.63, 3.8) is 0 Å². The van der Waals surface area contributed by atoms with Gasteiger partial charge in [0.15, 0.2) is 0 Å². The van der Waals surface area contributed by atoms with E-state index in [-0.39, 0.29) is 5.82 Å². The van der Waals surface area contributed by atoms with E-state index < -0.39 is 0 Å². The fourth-order valence-electron chi connectivity index (χ4n) is 2.22. The van der Waals surface area contributed by atoms with E-state index in [1.54, 1.807) is 6.07 Å². The molecule has 1 saturated carbocycles. The average Bonchev–Trinajstić information content (AvgIpc) is 3.27. The number of rotatable bonds is 3. The number of hydrogen-bond donors (Lipinski definition) is 0. The Kier molecular flexibility index (Phi) is 2.55. The molecule has 1 heterocycles. The Balaban J connectivity index is 1.76. The molecule has 1 aliphatic rings. The van der Waals surface area contributed by atoms with Crippen molar-refractivity contribution < 1.29 is 9.13 Å². The van der Waals surface area contributed by atoms with E-state index in [9.17, 15) is 4.39 Å². The molecule has 0 bridgehead atoms. The minimum atomic E-state index is -0.296. The molecule has 1 aliphatic carbocycles. The summed E-state index contributed by atoms with van der Waals surface area (Å²) in [5, 5.41) is 0. The normalized spacial score (nSPS) is 14.8. The average molecular weight is 268 g/mol. The fraction of sp³-hybridized carbons (Fsp3) is 0.250. The molecule has 0 atom stereocenters. The number of aromatic nitrogens is 2. The minimum Gasteiger partial charge on any atom is -0.493 e. The number of benzene rings is 2.